The van der Waals surface area contributed by atoms with E-state index in [-0.39, 0.29) is 18.3 Å². The number of allylic oxidation sites excluding steroid dienone is 1. The van der Waals surface area contributed by atoms with Gasteiger partial charge >= 0.3 is 0 Å². The fraction of sp³-hybridized carbons (Fsp3) is 0.786. The molecule has 0 radical (unpaired) electrons. The maximum Gasteiger partial charge on any atom is 0.158 e. The van der Waals surface area contributed by atoms with Crippen molar-refractivity contribution in [1.82, 2.24) is 0 Å². The fourth-order valence-corrected chi connectivity index (χ4v) is 2.41. The Morgan fingerprint density at radius 1 is 1.18 bits per heavy atom. The first-order valence-electron chi connectivity index (χ1n) is 6.72. The molecule has 1 fully saturated rings. The Morgan fingerprint density at radius 3 is 2.88 bits per heavy atom. The van der Waals surface area contributed by atoms with Gasteiger partial charge in [-0.1, -0.05) is 12.2 Å². The molecule has 1 heterocycles. The Labute approximate surface area is 103 Å². The molecule has 2 aliphatic rings. The summed E-state index contributed by atoms with van der Waals surface area (Å²) >= 11 is 0. The van der Waals surface area contributed by atoms with E-state index in [1.54, 1.807) is 0 Å². The lowest BCUT2D eigenvalue weighted by atomic mass is 9.94. The molecule has 3 unspecified atom stereocenters. The van der Waals surface area contributed by atoms with Gasteiger partial charge in [0.25, 0.3) is 0 Å². The van der Waals surface area contributed by atoms with Crippen molar-refractivity contribution in [2.75, 3.05) is 6.61 Å². The minimum absolute atomic E-state index is 0.0293. The van der Waals surface area contributed by atoms with E-state index in [4.69, 9.17) is 14.7 Å². The van der Waals surface area contributed by atoms with Crippen LogP contribution >= 0.6 is 0 Å². The highest BCUT2D eigenvalue weighted by Crippen LogP contribution is 2.23. The maximum atomic E-state index is 8.98. The van der Waals surface area contributed by atoms with Crippen LogP contribution in [0.25, 0.3) is 0 Å². The van der Waals surface area contributed by atoms with Crippen molar-refractivity contribution >= 4 is 0 Å². The number of nitrogens with zero attached hydrogens (tertiary/aromatic N) is 1. The Bertz CT molecular complexity index is 289. The summed E-state index contributed by atoms with van der Waals surface area (Å²) in [6, 6.07) is 2.38. The molecule has 3 heteroatoms. The van der Waals surface area contributed by atoms with Gasteiger partial charge in [-0.3, -0.25) is 0 Å². The second-order valence-corrected chi connectivity index (χ2v) is 4.88. The molecule has 1 saturated heterocycles. The van der Waals surface area contributed by atoms with E-state index >= 15 is 0 Å². The Morgan fingerprint density at radius 2 is 2.12 bits per heavy atom. The Hall–Kier alpha value is -0.850. The minimum Gasteiger partial charge on any atom is -0.353 e. The largest absolute Gasteiger partial charge is 0.353 e. The van der Waals surface area contributed by atoms with Gasteiger partial charge in [0.1, 0.15) is 0 Å². The molecule has 0 N–H and O–H groups in total. The summed E-state index contributed by atoms with van der Waals surface area (Å²) in [5.74, 6) is 0.193. The van der Waals surface area contributed by atoms with Gasteiger partial charge in [0.2, 0.25) is 0 Å². The van der Waals surface area contributed by atoms with Gasteiger partial charge in [-0.2, -0.15) is 5.26 Å². The zero-order valence-corrected chi connectivity index (χ0v) is 10.3. The van der Waals surface area contributed by atoms with E-state index in [0.29, 0.717) is 0 Å². The summed E-state index contributed by atoms with van der Waals surface area (Å²) < 4.78 is 11.5. The van der Waals surface area contributed by atoms with Crippen LogP contribution in [0.4, 0.5) is 0 Å². The molecule has 0 spiro atoms. The van der Waals surface area contributed by atoms with Gasteiger partial charge < -0.3 is 9.47 Å². The second-order valence-electron chi connectivity index (χ2n) is 4.88. The van der Waals surface area contributed by atoms with Crippen molar-refractivity contribution in [3.8, 4) is 6.07 Å². The molecule has 1 aliphatic heterocycles. The number of rotatable bonds is 2. The zero-order chi connectivity index (χ0) is 11.9. The summed E-state index contributed by atoms with van der Waals surface area (Å²) in [7, 11) is 0. The summed E-state index contributed by atoms with van der Waals surface area (Å²) in [5.41, 5.74) is 0. The van der Waals surface area contributed by atoms with Gasteiger partial charge in [0, 0.05) is 12.5 Å². The summed E-state index contributed by atoms with van der Waals surface area (Å²) in [4.78, 5) is 0. The van der Waals surface area contributed by atoms with Gasteiger partial charge in [-0.15, -0.1) is 0 Å². The van der Waals surface area contributed by atoms with Crippen molar-refractivity contribution in [3.63, 3.8) is 0 Å². The molecule has 0 amide bonds. The molecule has 0 aromatic rings. The SMILES string of the molecule is N#CC1CC/C=C\C(OC2CCCCO2)CC1. The molecule has 0 aromatic heterocycles. The van der Waals surface area contributed by atoms with Crippen molar-refractivity contribution in [1.29, 1.82) is 5.26 Å². The minimum atomic E-state index is -0.0293. The highest BCUT2D eigenvalue weighted by atomic mass is 16.7. The fourth-order valence-electron chi connectivity index (χ4n) is 2.41. The molecule has 0 aromatic carbocycles. The van der Waals surface area contributed by atoms with Crippen LogP contribution in [0.2, 0.25) is 0 Å². The van der Waals surface area contributed by atoms with E-state index in [1.165, 1.54) is 6.42 Å². The highest BCUT2D eigenvalue weighted by molar-refractivity contribution is 4.96. The Balaban J connectivity index is 1.82. The van der Waals surface area contributed by atoms with Crippen LogP contribution in [0.15, 0.2) is 12.2 Å². The van der Waals surface area contributed by atoms with Crippen LogP contribution in [-0.4, -0.2) is 19.0 Å². The molecular weight excluding hydrogens is 214 g/mol. The van der Waals surface area contributed by atoms with Crippen LogP contribution in [-0.2, 0) is 9.47 Å². The van der Waals surface area contributed by atoms with E-state index in [1.807, 2.05) is 0 Å². The standard InChI is InChI=1S/C14H21NO2/c15-11-12-5-1-2-6-13(9-8-12)17-14-7-3-4-10-16-14/h2,6,12-14H,1,3-5,7-10H2/b6-2-. The predicted molar refractivity (Wildman–Crippen MR) is 65.2 cm³/mol. The normalized spacial score (nSPS) is 36.5. The summed E-state index contributed by atoms with van der Waals surface area (Å²) in [5, 5.41) is 8.98. The molecular formula is C14H21NO2. The quantitative estimate of drug-likeness (QED) is 0.690. The first-order chi connectivity index (χ1) is 8.38. The molecule has 0 saturated carbocycles. The van der Waals surface area contributed by atoms with Gasteiger partial charge in [0.15, 0.2) is 6.29 Å². The zero-order valence-electron chi connectivity index (χ0n) is 10.3. The van der Waals surface area contributed by atoms with Crippen LogP contribution in [0.1, 0.15) is 44.9 Å². The molecule has 2 rings (SSSR count). The van der Waals surface area contributed by atoms with Gasteiger partial charge in [0.05, 0.1) is 12.2 Å². The third-order valence-electron chi connectivity index (χ3n) is 3.48. The Kier molecular flexibility index (Phi) is 5.03. The van der Waals surface area contributed by atoms with Crippen molar-refractivity contribution in [3.05, 3.63) is 12.2 Å². The third-order valence-corrected chi connectivity index (χ3v) is 3.48. The first kappa shape index (κ1) is 12.6. The molecule has 3 atom stereocenters. The first-order valence-corrected chi connectivity index (χ1v) is 6.72. The van der Waals surface area contributed by atoms with Crippen molar-refractivity contribution < 1.29 is 9.47 Å². The van der Waals surface area contributed by atoms with E-state index in [2.05, 4.69) is 18.2 Å². The van der Waals surface area contributed by atoms with Crippen LogP contribution in [0.3, 0.4) is 0 Å². The lowest BCUT2D eigenvalue weighted by Crippen LogP contribution is -2.27. The summed E-state index contributed by atoms with van der Waals surface area (Å²) in [6.07, 6.45) is 11.6. The number of ether oxygens (including phenoxy) is 2. The highest BCUT2D eigenvalue weighted by Gasteiger charge is 2.20. The average Bonchev–Trinajstić information content (AvgIpc) is 2.35. The van der Waals surface area contributed by atoms with Crippen LogP contribution in [0.5, 0.6) is 0 Å². The van der Waals surface area contributed by atoms with Gasteiger partial charge in [-0.25, -0.2) is 0 Å². The van der Waals surface area contributed by atoms with E-state index in [0.717, 1.165) is 45.1 Å². The monoisotopic (exact) mass is 235 g/mol. The average molecular weight is 235 g/mol. The molecule has 1 aliphatic carbocycles. The van der Waals surface area contributed by atoms with Crippen molar-refractivity contribution in [2.45, 2.75) is 57.3 Å². The van der Waals surface area contributed by atoms with Crippen LogP contribution < -0.4 is 0 Å². The van der Waals surface area contributed by atoms with E-state index in [9.17, 15) is 0 Å². The number of hydrogen-bond donors (Lipinski definition) is 0. The van der Waals surface area contributed by atoms with Crippen LogP contribution in [0, 0.1) is 17.2 Å². The van der Waals surface area contributed by atoms with E-state index < -0.39 is 0 Å². The number of nitriles is 1. The molecule has 94 valence electrons. The smallest absolute Gasteiger partial charge is 0.158 e. The summed E-state index contributed by atoms with van der Waals surface area (Å²) in [6.45, 7) is 0.821. The van der Waals surface area contributed by atoms with Crippen molar-refractivity contribution in [2.24, 2.45) is 5.92 Å². The predicted octanol–water partition coefficient (Wildman–Crippen LogP) is 3.17. The topological polar surface area (TPSA) is 42.2 Å². The molecule has 3 nitrogen and oxygen atoms in total. The van der Waals surface area contributed by atoms with Gasteiger partial charge in [-0.05, 0) is 44.9 Å². The lowest BCUT2D eigenvalue weighted by Gasteiger charge is -2.27. The molecule has 17 heavy (non-hydrogen) atoms. The second kappa shape index (κ2) is 6.78. The maximum absolute atomic E-state index is 8.98. The third kappa shape index (κ3) is 4.14. The lowest BCUT2D eigenvalue weighted by molar-refractivity contribution is -0.179. The number of hydrogen-bond acceptors (Lipinski definition) is 3. The molecule has 0 bridgehead atoms.